The van der Waals surface area contributed by atoms with Crippen molar-refractivity contribution in [3.8, 4) is 0 Å². The predicted octanol–water partition coefficient (Wildman–Crippen LogP) is 2.88. The molecule has 0 aliphatic carbocycles. The van der Waals surface area contributed by atoms with E-state index < -0.39 is 5.92 Å². The van der Waals surface area contributed by atoms with Crippen LogP contribution in [0.2, 0.25) is 5.02 Å². The number of hydrogen-bond donors (Lipinski definition) is 0. The molecule has 0 bridgehead atoms. The van der Waals surface area contributed by atoms with Crippen LogP contribution in [0.1, 0.15) is 23.7 Å². The Morgan fingerprint density at radius 2 is 2.20 bits per heavy atom. The second-order valence-corrected chi connectivity index (χ2v) is 6.28. The molecule has 1 atom stereocenters. The summed E-state index contributed by atoms with van der Waals surface area (Å²) in [4.78, 5) is 30.2. The summed E-state index contributed by atoms with van der Waals surface area (Å²) in [7, 11) is 1.35. The Kier molecular flexibility index (Phi) is 7.01. The molecule has 2 aromatic rings. The summed E-state index contributed by atoms with van der Waals surface area (Å²) in [5.74, 6) is -0.885. The van der Waals surface area contributed by atoms with Gasteiger partial charge in [0, 0.05) is 42.6 Å². The molecule has 1 heterocycles. The molecule has 2 rings (SSSR count). The van der Waals surface area contributed by atoms with E-state index in [4.69, 9.17) is 16.3 Å². The average Bonchev–Trinajstić information content (AvgIpc) is 3.12. The molecule has 0 saturated carbocycles. The van der Waals surface area contributed by atoms with Crippen LogP contribution in [0.4, 0.5) is 0 Å². The van der Waals surface area contributed by atoms with E-state index in [0.717, 1.165) is 13.0 Å². The van der Waals surface area contributed by atoms with Gasteiger partial charge in [-0.15, -0.1) is 0 Å². The van der Waals surface area contributed by atoms with Crippen molar-refractivity contribution in [3.05, 3.63) is 53.6 Å². The Hall–Kier alpha value is -2.34. The van der Waals surface area contributed by atoms with Crippen molar-refractivity contribution in [2.75, 3.05) is 20.2 Å². The second kappa shape index (κ2) is 9.22. The number of amides is 1. The number of hydrogen-bond acceptors (Lipinski definition) is 4. The summed E-state index contributed by atoms with van der Waals surface area (Å²) in [6, 6.07) is 6.82. The maximum absolute atomic E-state index is 12.8. The highest BCUT2D eigenvalue weighted by Gasteiger charge is 2.22. The Bertz CT molecular complexity index is 703. The summed E-state index contributed by atoms with van der Waals surface area (Å²) >= 11 is 5.99. The summed E-state index contributed by atoms with van der Waals surface area (Å²) in [6.07, 6.45) is 6.07. The SMILES string of the molecule is COC(=O)C(C)CN(CCCn1ccnc1)C(=O)c1cccc(Cl)c1. The van der Waals surface area contributed by atoms with Gasteiger partial charge in [-0.25, -0.2) is 4.98 Å². The van der Waals surface area contributed by atoms with E-state index in [2.05, 4.69) is 4.98 Å². The van der Waals surface area contributed by atoms with E-state index >= 15 is 0 Å². The Morgan fingerprint density at radius 1 is 1.40 bits per heavy atom. The first-order valence-corrected chi connectivity index (χ1v) is 8.47. The lowest BCUT2D eigenvalue weighted by Crippen LogP contribution is -2.38. The molecule has 25 heavy (non-hydrogen) atoms. The number of aromatic nitrogens is 2. The van der Waals surface area contributed by atoms with Crippen molar-refractivity contribution in [1.82, 2.24) is 14.5 Å². The van der Waals surface area contributed by atoms with Crippen LogP contribution in [0.25, 0.3) is 0 Å². The normalized spacial score (nSPS) is 11.8. The number of halogens is 1. The van der Waals surface area contributed by atoms with Crippen LogP contribution in [0.15, 0.2) is 43.0 Å². The molecule has 0 aliphatic rings. The molecule has 0 N–H and O–H groups in total. The van der Waals surface area contributed by atoms with Crippen LogP contribution in [-0.4, -0.2) is 46.5 Å². The number of esters is 1. The van der Waals surface area contributed by atoms with Crippen LogP contribution in [-0.2, 0) is 16.1 Å². The standard InChI is InChI=1S/C18H22ClN3O3/c1-14(18(24)25-2)12-22(9-4-8-21-10-7-20-13-21)17(23)15-5-3-6-16(19)11-15/h3,5-7,10-11,13-14H,4,8-9,12H2,1-2H3. The number of carbonyl (C=O) groups excluding carboxylic acids is 2. The molecular formula is C18H22ClN3O3. The van der Waals surface area contributed by atoms with Crippen molar-refractivity contribution >= 4 is 23.5 Å². The number of ether oxygens (including phenoxy) is 1. The number of aryl methyl sites for hydroxylation is 1. The summed E-state index contributed by atoms with van der Waals surface area (Å²) < 4.78 is 6.72. The molecule has 0 aliphatic heterocycles. The molecule has 1 aromatic heterocycles. The fraction of sp³-hybridized carbons (Fsp3) is 0.389. The van der Waals surface area contributed by atoms with Gasteiger partial charge >= 0.3 is 5.97 Å². The van der Waals surface area contributed by atoms with Crippen molar-refractivity contribution in [1.29, 1.82) is 0 Å². The fourth-order valence-electron chi connectivity index (χ4n) is 2.55. The molecule has 1 amide bonds. The average molecular weight is 364 g/mol. The third-order valence-corrected chi connectivity index (χ3v) is 4.10. The molecule has 1 unspecified atom stereocenters. The third kappa shape index (κ3) is 5.60. The van der Waals surface area contributed by atoms with Crippen molar-refractivity contribution in [2.45, 2.75) is 19.9 Å². The Morgan fingerprint density at radius 3 is 2.84 bits per heavy atom. The van der Waals surface area contributed by atoms with Gasteiger partial charge < -0.3 is 14.2 Å². The topological polar surface area (TPSA) is 64.4 Å². The van der Waals surface area contributed by atoms with Gasteiger partial charge in [-0.1, -0.05) is 24.6 Å². The van der Waals surface area contributed by atoms with Gasteiger partial charge in [-0.3, -0.25) is 9.59 Å². The number of methoxy groups -OCH3 is 1. The van der Waals surface area contributed by atoms with E-state index in [1.807, 2.05) is 10.8 Å². The minimum Gasteiger partial charge on any atom is -0.469 e. The largest absolute Gasteiger partial charge is 0.469 e. The molecule has 134 valence electrons. The first kappa shape index (κ1) is 19.0. The molecule has 0 saturated heterocycles. The minimum absolute atomic E-state index is 0.149. The maximum atomic E-state index is 12.8. The van der Waals surface area contributed by atoms with E-state index in [1.54, 1.807) is 48.6 Å². The van der Waals surface area contributed by atoms with Crippen molar-refractivity contribution in [3.63, 3.8) is 0 Å². The highest BCUT2D eigenvalue weighted by atomic mass is 35.5. The molecule has 6 nitrogen and oxygen atoms in total. The van der Waals surface area contributed by atoms with Crippen LogP contribution in [0.3, 0.4) is 0 Å². The monoisotopic (exact) mass is 363 g/mol. The number of nitrogens with zero attached hydrogens (tertiary/aromatic N) is 3. The van der Waals surface area contributed by atoms with E-state index in [1.165, 1.54) is 7.11 Å². The molecule has 0 spiro atoms. The van der Waals surface area contributed by atoms with E-state index in [-0.39, 0.29) is 11.9 Å². The number of carbonyl (C=O) groups is 2. The fourth-order valence-corrected chi connectivity index (χ4v) is 2.74. The van der Waals surface area contributed by atoms with Crippen LogP contribution < -0.4 is 0 Å². The molecule has 0 radical (unpaired) electrons. The zero-order valence-corrected chi connectivity index (χ0v) is 15.1. The smallest absolute Gasteiger partial charge is 0.310 e. The van der Waals surface area contributed by atoms with Gasteiger partial charge in [0.05, 0.1) is 19.4 Å². The second-order valence-electron chi connectivity index (χ2n) is 5.84. The minimum atomic E-state index is -0.402. The van der Waals surface area contributed by atoms with E-state index in [0.29, 0.717) is 23.7 Å². The van der Waals surface area contributed by atoms with Crippen molar-refractivity contribution in [2.24, 2.45) is 5.92 Å². The highest BCUT2D eigenvalue weighted by molar-refractivity contribution is 6.30. The van der Waals surface area contributed by atoms with Gasteiger partial charge in [0.25, 0.3) is 5.91 Å². The van der Waals surface area contributed by atoms with Gasteiger partial charge in [-0.05, 0) is 24.6 Å². The molecule has 0 fully saturated rings. The highest BCUT2D eigenvalue weighted by Crippen LogP contribution is 2.15. The number of imidazole rings is 1. The lowest BCUT2D eigenvalue weighted by molar-refractivity contribution is -0.145. The Balaban J connectivity index is 2.06. The van der Waals surface area contributed by atoms with Gasteiger partial charge in [-0.2, -0.15) is 0 Å². The summed E-state index contributed by atoms with van der Waals surface area (Å²) in [6.45, 7) is 3.30. The third-order valence-electron chi connectivity index (χ3n) is 3.86. The Labute approximate surface area is 152 Å². The zero-order chi connectivity index (χ0) is 18.2. The van der Waals surface area contributed by atoms with Crippen LogP contribution >= 0.6 is 11.6 Å². The van der Waals surface area contributed by atoms with Gasteiger partial charge in [0.2, 0.25) is 0 Å². The summed E-state index contributed by atoms with van der Waals surface area (Å²) in [5, 5.41) is 0.505. The maximum Gasteiger partial charge on any atom is 0.310 e. The predicted molar refractivity (Wildman–Crippen MR) is 95.4 cm³/mol. The van der Waals surface area contributed by atoms with Crippen LogP contribution in [0, 0.1) is 5.92 Å². The molecule has 1 aromatic carbocycles. The van der Waals surface area contributed by atoms with E-state index in [9.17, 15) is 9.59 Å². The van der Waals surface area contributed by atoms with Crippen molar-refractivity contribution < 1.29 is 14.3 Å². The lowest BCUT2D eigenvalue weighted by atomic mass is 10.1. The quantitative estimate of drug-likeness (QED) is 0.676. The lowest BCUT2D eigenvalue weighted by Gasteiger charge is -2.25. The number of rotatable bonds is 8. The zero-order valence-electron chi connectivity index (χ0n) is 14.4. The first-order valence-electron chi connectivity index (χ1n) is 8.09. The summed E-state index contributed by atoms with van der Waals surface area (Å²) in [5.41, 5.74) is 0.507. The van der Waals surface area contributed by atoms with Crippen LogP contribution in [0.5, 0.6) is 0 Å². The molecular weight excluding hydrogens is 342 g/mol. The number of benzene rings is 1. The van der Waals surface area contributed by atoms with Gasteiger partial charge in [0.15, 0.2) is 0 Å². The first-order chi connectivity index (χ1) is 12.0. The molecule has 7 heteroatoms. The van der Waals surface area contributed by atoms with Gasteiger partial charge in [0.1, 0.15) is 0 Å².